The Bertz CT molecular complexity index is 697. The molecule has 0 nitrogen and oxygen atoms in total. The third kappa shape index (κ3) is 3.44. The smallest absolute Gasteiger partial charge is 0.0352 e. The zero-order valence-electron chi connectivity index (χ0n) is 14.4. The number of aryl methyl sites for hydroxylation is 4. The number of rotatable bonds is 0. The van der Waals surface area contributed by atoms with Crippen molar-refractivity contribution in [1.82, 2.24) is 0 Å². The van der Waals surface area contributed by atoms with E-state index < -0.39 is 0 Å². The highest BCUT2D eigenvalue weighted by atomic mass is 79.9. The average molecular weight is 436 g/mol. The van der Waals surface area contributed by atoms with Crippen molar-refractivity contribution in [2.24, 2.45) is 0 Å². The first-order valence-corrected chi connectivity index (χ1v) is 9.94. The summed E-state index contributed by atoms with van der Waals surface area (Å²) in [6.45, 7) is 9.24. The van der Waals surface area contributed by atoms with Crippen LogP contribution in [0.3, 0.4) is 0 Å². The minimum atomic E-state index is 0.203. The maximum Gasteiger partial charge on any atom is 0.0352 e. The Morgan fingerprint density at radius 1 is 0.739 bits per heavy atom. The van der Waals surface area contributed by atoms with Gasteiger partial charge in [0.15, 0.2) is 0 Å². The van der Waals surface area contributed by atoms with E-state index >= 15 is 0 Å². The second-order valence-electron chi connectivity index (χ2n) is 7.68. The lowest BCUT2D eigenvalue weighted by atomic mass is 9.82. The third-order valence-corrected chi connectivity index (χ3v) is 7.40. The fraction of sp³-hybridized carbons (Fsp3) is 0.429. The highest BCUT2D eigenvalue weighted by molar-refractivity contribution is 9.13. The molecule has 0 N–H and O–H groups in total. The second kappa shape index (κ2) is 6.37. The van der Waals surface area contributed by atoms with Gasteiger partial charge in [0.1, 0.15) is 0 Å². The molecule has 0 fully saturated rings. The van der Waals surface area contributed by atoms with Crippen molar-refractivity contribution in [1.29, 1.82) is 0 Å². The van der Waals surface area contributed by atoms with E-state index in [0.717, 1.165) is 25.7 Å². The van der Waals surface area contributed by atoms with E-state index in [4.69, 9.17) is 0 Å². The third-order valence-electron chi connectivity index (χ3n) is 5.06. The van der Waals surface area contributed by atoms with Gasteiger partial charge in [-0.15, -0.1) is 0 Å². The number of fused-ring (bicyclic) bond motifs is 4. The molecule has 2 aromatic carbocycles. The summed E-state index contributed by atoms with van der Waals surface area (Å²) in [5.41, 5.74) is 8.98. The fourth-order valence-electron chi connectivity index (χ4n) is 3.35. The normalized spacial score (nSPS) is 14.7. The van der Waals surface area contributed by atoms with Crippen LogP contribution in [0.25, 0.3) is 0 Å². The van der Waals surface area contributed by atoms with Crippen molar-refractivity contribution in [3.05, 3.63) is 66.6 Å². The lowest BCUT2D eigenvalue weighted by molar-refractivity contribution is 0.587. The summed E-state index contributed by atoms with van der Waals surface area (Å²) in [6.07, 6.45) is 4.36. The monoisotopic (exact) mass is 434 g/mol. The van der Waals surface area contributed by atoms with Crippen molar-refractivity contribution >= 4 is 31.9 Å². The number of hydrogen-bond acceptors (Lipinski definition) is 0. The van der Waals surface area contributed by atoms with Crippen LogP contribution in [0.15, 0.2) is 33.2 Å². The number of benzene rings is 2. The molecule has 0 amide bonds. The van der Waals surface area contributed by atoms with Crippen LogP contribution in [0.2, 0.25) is 0 Å². The molecule has 0 radical (unpaired) electrons. The Labute approximate surface area is 157 Å². The molecule has 2 aliphatic rings. The van der Waals surface area contributed by atoms with E-state index in [1.54, 1.807) is 0 Å². The Balaban J connectivity index is 2.13. The molecular formula is C21H24Br2. The minimum absolute atomic E-state index is 0.203. The van der Waals surface area contributed by atoms with Crippen molar-refractivity contribution in [3.8, 4) is 0 Å². The molecule has 4 rings (SSSR count). The maximum atomic E-state index is 3.79. The van der Waals surface area contributed by atoms with Gasteiger partial charge in [-0.1, -0.05) is 45.0 Å². The van der Waals surface area contributed by atoms with Crippen molar-refractivity contribution in [3.63, 3.8) is 0 Å². The van der Waals surface area contributed by atoms with E-state index in [9.17, 15) is 0 Å². The quantitative estimate of drug-likeness (QED) is 0.431. The highest BCUT2D eigenvalue weighted by Gasteiger charge is 2.19. The van der Waals surface area contributed by atoms with Crippen LogP contribution in [0.4, 0.5) is 0 Å². The first kappa shape index (κ1) is 17.2. The zero-order valence-corrected chi connectivity index (χ0v) is 17.6. The summed E-state index contributed by atoms with van der Waals surface area (Å²) in [5, 5.41) is 0. The van der Waals surface area contributed by atoms with Gasteiger partial charge in [-0.25, -0.2) is 0 Å². The molecule has 0 saturated carbocycles. The van der Waals surface area contributed by atoms with Crippen LogP contribution in [-0.2, 0) is 31.1 Å². The largest absolute Gasteiger partial charge is 0.0576 e. The zero-order chi connectivity index (χ0) is 16.8. The van der Waals surface area contributed by atoms with Crippen molar-refractivity contribution < 1.29 is 0 Å². The van der Waals surface area contributed by atoms with Crippen molar-refractivity contribution in [2.75, 3.05) is 0 Å². The minimum Gasteiger partial charge on any atom is -0.0576 e. The average Bonchev–Trinajstić information content (AvgIpc) is 2.50. The number of halogens is 2. The lowest BCUT2D eigenvalue weighted by Crippen LogP contribution is -2.13. The van der Waals surface area contributed by atoms with Gasteiger partial charge in [-0.05, 0) is 103 Å². The molecule has 122 valence electrons. The SMILES string of the molecule is Cc1c2cc(C(C)(C)C)cc1CCc1ccc(c(Br)c1Br)CC2. The summed E-state index contributed by atoms with van der Waals surface area (Å²) in [7, 11) is 0. The van der Waals surface area contributed by atoms with Gasteiger partial charge in [0.2, 0.25) is 0 Å². The van der Waals surface area contributed by atoms with Gasteiger partial charge >= 0.3 is 0 Å². The Hall–Kier alpha value is -0.600. The van der Waals surface area contributed by atoms with E-state index in [1.165, 1.54) is 42.3 Å². The van der Waals surface area contributed by atoms with Crippen LogP contribution < -0.4 is 0 Å². The first-order chi connectivity index (χ1) is 10.8. The summed E-state index contributed by atoms with van der Waals surface area (Å²) < 4.78 is 2.47. The Kier molecular flexibility index (Phi) is 4.77. The van der Waals surface area contributed by atoms with Gasteiger partial charge in [0.25, 0.3) is 0 Å². The van der Waals surface area contributed by atoms with Crippen LogP contribution >= 0.6 is 31.9 Å². The molecule has 4 bridgehead atoms. The molecule has 2 aliphatic carbocycles. The molecule has 0 unspecified atom stereocenters. The Morgan fingerprint density at radius 3 is 1.52 bits per heavy atom. The van der Waals surface area contributed by atoms with E-state index in [-0.39, 0.29) is 5.41 Å². The molecule has 2 heteroatoms. The first-order valence-electron chi connectivity index (χ1n) is 8.36. The Morgan fingerprint density at radius 2 is 1.13 bits per heavy atom. The second-order valence-corrected chi connectivity index (χ2v) is 9.27. The highest BCUT2D eigenvalue weighted by Crippen LogP contribution is 2.35. The van der Waals surface area contributed by atoms with E-state index in [0.29, 0.717) is 0 Å². The molecule has 0 aliphatic heterocycles. The standard InChI is InChI=1S/C21H24Br2/c1-13-16-9-7-14-5-6-15(20(23)19(14)22)8-10-17(13)12-18(11-16)21(2,3)4/h5-6,11-12H,7-10H2,1-4H3. The molecule has 23 heavy (non-hydrogen) atoms. The summed E-state index contributed by atoms with van der Waals surface area (Å²) in [6, 6.07) is 9.46. The molecule has 0 atom stereocenters. The van der Waals surface area contributed by atoms with Gasteiger partial charge in [-0.3, -0.25) is 0 Å². The van der Waals surface area contributed by atoms with Crippen LogP contribution in [-0.4, -0.2) is 0 Å². The molecule has 0 aromatic heterocycles. The molecule has 0 saturated heterocycles. The predicted octanol–water partition coefficient (Wildman–Crippen LogP) is 6.70. The molecule has 0 heterocycles. The summed E-state index contributed by atoms with van der Waals surface area (Å²) in [5.74, 6) is 0. The van der Waals surface area contributed by atoms with Gasteiger partial charge in [-0.2, -0.15) is 0 Å². The summed E-state index contributed by atoms with van der Waals surface area (Å²) >= 11 is 7.58. The van der Waals surface area contributed by atoms with Crippen LogP contribution in [0.5, 0.6) is 0 Å². The predicted molar refractivity (Wildman–Crippen MR) is 107 cm³/mol. The van der Waals surface area contributed by atoms with Gasteiger partial charge in [0.05, 0.1) is 0 Å². The van der Waals surface area contributed by atoms with Crippen LogP contribution in [0.1, 0.15) is 54.2 Å². The van der Waals surface area contributed by atoms with Crippen molar-refractivity contribution in [2.45, 2.75) is 58.8 Å². The van der Waals surface area contributed by atoms with Gasteiger partial charge < -0.3 is 0 Å². The maximum absolute atomic E-state index is 3.79. The summed E-state index contributed by atoms with van der Waals surface area (Å²) in [4.78, 5) is 0. The van der Waals surface area contributed by atoms with Gasteiger partial charge in [0, 0.05) is 8.95 Å². The van der Waals surface area contributed by atoms with E-state index in [1.807, 2.05) is 0 Å². The topological polar surface area (TPSA) is 0 Å². The fourth-order valence-corrected chi connectivity index (χ4v) is 4.52. The number of hydrogen-bond donors (Lipinski definition) is 0. The van der Waals surface area contributed by atoms with E-state index in [2.05, 4.69) is 83.8 Å². The van der Waals surface area contributed by atoms with Crippen LogP contribution in [0, 0.1) is 6.92 Å². The molecular weight excluding hydrogens is 412 g/mol. The molecule has 0 spiro atoms. The molecule has 2 aromatic rings. The lowest BCUT2D eigenvalue weighted by Gasteiger charge is -2.23.